The Bertz CT molecular complexity index is 219. The lowest BCUT2D eigenvalue weighted by molar-refractivity contribution is -0.135. The second kappa shape index (κ2) is 7.19. The summed E-state index contributed by atoms with van der Waals surface area (Å²) in [5.74, 6) is -0.472. The fourth-order valence-corrected chi connectivity index (χ4v) is 0.989. The number of methoxy groups -OCH3 is 1. The van der Waals surface area contributed by atoms with Crippen molar-refractivity contribution in [1.82, 2.24) is 10.2 Å². The van der Waals surface area contributed by atoms with Crippen LogP contribution in [0.15, 0.2) is 0 Å². The fraction of sp³-hybridized carbons (Fsp3) is 0.778. The summed E-state index contributed by atoms with van der Waals surface area (Å²) >= 11 is 0. The highest BCUT2D eigenvalue weighted by Gasteiger charge is 2.15. The third-order valence-corrected chi connectivity index (χ3v) is 1.77. The molecule has 0 saturated carbocycles. The van der Waals surface area contributed by atoms with E-state index in [0.717, 1.165) is 0 Å². The van der Waals surface area contributed by atoms with E-state index in [-0.39, 0.29) is 18.4 Å². The minimum absolute atomic E-state index is 0.0179. The summed E-state index contributed by atoms with van der Waals surface area (Å²) in [6.07, 6.45) is 0. The van der Waals surface area contributed by atoms with Gasteiger partial charge in [-0.15, -0.1) is 0 Å². The molecule has 1 atom stereocenters. The summed E-state index contributed by atoms with van der Waals surface area (Å²) in [5.41, 5.74) is 5.39. The molecule has 0 aliphatic carbocycles. The van der Waals surface area contributed by atoms with Crippen LogP contribution in [0.25, 0.3) is 0 Å². The van der Waals surface area contributed by atoms with Gasteiger partial charge in [-0.05, 0) is 6.92 Å². The summed E-state index contributed by atoms with van der Waals surface area (Å²) < 4.78 is 4.77. The molecular formula is C9H19N3O3. The molecule has 0 bridgehead atoms. The van der Waals surface area contributed by atoms with Crippen molar-refractivity contribution < 1.29 is 14.3 Å². The molecule has 15 heavy (non-hydrogen) atoms. The molecule has 6 nitrogen and oxygen atoms in total. The molecule has 0 spiro atoms. The van der Waals surface area contributed by atoms with Crippen molar-refractivity contribution in [3.8, 4) is 0 Å². The fourth-order valence-electron chi connectivity index (χ4n) is 0.989. The van der Waals surface area contributed by atoms with Crippen LogP contribution in [0.5, 0.6) is 0 Å². The monoisotopic (exact) mass is 217 g/mol. The summed E-state index contributed by atoms with van der Waals surface area (Å²) in [5, 5.41) is 2.61. The molecule has 0 aliphatic rings. The van der Waals surface area contributed by atoms with Crippen molar-refractivity contribution >= 4 is 11.8 Å². The Hall–Kier alpha value is -1.14. The van der Waals surface area contributed by atoms with Gasteiger partial charge in [-0.3, -0.25) is 9.59 Å². The minimum Gasteiger partial charge on any atom is -0.383 e. The number of ether oxygens (including phenoxy) is 1. The third kappa shape index (κ3) is 6.03. The summed E-state index contributed by atoms with van der Waals surface area (Å²) in [7, 11) is 3.10. The molecule has 0 fully saturated rings. The zero-order valence-corrected chi connectivity index (χ0v) is 9.45. The molecule has 0 aromatic heterocycles. The van der Waals surface area contributed by atoms with Gasteiger partial charge in [0.25, 0.3) is 0 Å². The van der Waals surface area contributed by atoms with E-state index in [1.165, 1.54) is 4.90 Å². The molecule has 0 radical (unpaired) electrons. The van der Waals surface area contributed by atoms with Crippen LogP contribution in [0.4, 0.5) is 0 Å². The zero-order valence-electron chi connectivity index (χ0n) is 9.45. The molecule has 0 rings (SSSR count). The Labute approximate surface area is 89.7 Å². The number of rotatable bonds is 6. The van der Waals surface area contributed by atoms with E-state index in [9.17, 15) is 9.59 Å². The normalized spacial score (nSPS) is 12.0. The maximum Gasteiger partial charge on any atom is 0.239 e. The standard InChI is InChI=1S/C9H19N3O3/c1-7(10)9(14)12(2)6-8(13)11-4-5-15-3/h7H,4-6,10H2,1-3H3,(H,11,13). The molecule has 3 N–H and O–H groups in total. The smallest absolute Gasteiger partial charge is 0.239 e. The van der Waals surface area contributed by atoms with Gasteiger partial charge in [0, 0.05) is 20.7 Å². The van der Waals surface area contributed by atoms with Crippen LogP contribution in [0.1, 0.15) is 6.92 Å². The van der Waals surface area contributed by atoms with E-state index < -0.39 is 6.04 Å². The first kappa shape index (κ1) is 13.9. The second-order valence-electron chi connectivity index (χ2n) is 3.33. The largest absolute Gasteiger partial charge is 0.383 e. The van der Waals surface area contributed by atoms with Crippen molar-refractivity contribution in [2.45, 2.75) is 13.0 Å². The van der Waals surface area contributed by atoms with Gasteiger partial charge in [-0.1, -0.05) is 0 Å². The quantitative estimate of drug-likeness (QED) is 0.533. The number of carbonyl (C=O) groups excluding carboxylic acids is 2. The van der Waals surface area contributed by atoms with Gasteiger partial charge in [0.2, 0.25) is 11.8 Å². The Kier molecular flexibility index (Phi) is 6.64. The molecule has 0 aromatic carbocycles. The van der Waals surface area contributed by atoms with Crippen LogP contribution in [0.2, 0.25) is 0 Å². The van der Waals surface area contributed by atoms with Crippen molar-refractivity contribution in [3.05, 3.63) is 0 Å². The number of hydrogen-bond donors (Lipinski definition) is 2. The Morgan fingerprint density at radius 3 is 2.60 bits per heavy atom. The Balaban J connectivity index is 3.81. The first-order valence-corrected chi connectivity index (χ1v) is 4.75. The number of amides is 2. The summed E-state index contributed by atoms with van der Waals surface area (Å²) in [4.78, 5) is 23.9. The van der Waals surface area contributed by atoms with Crippen LogP contribution < -0.4 is 11.1 Å². The average Bonchev–Trinajstić information content (AvgIpc) is 2.16. The lowest BCUT2D eigenvalue weighted by atomic mass is 10.3. The predicted octanol–water partition coefficient (Wildman–Crippen LogP) is -1.45. The highest BCUT2D eigenvalue weighted by Crippen LogP contribution is 1.88. The van der Waals surface area contributed by atoms with E-state index in [4.69, 9.17) is 10.5 Å². The van der Waals surface area contributed by atoms with Gasteiger partial charge < -0.3 is 20.7 Å². The van der Waals surface area contributed by atoms with Gasteiger partial charge in [0.05, 0.1) is 19.2 Å². The van der Waals surface area contributed by atoms with E-state index in [1.54, 1.807) is 21.1 Å². The zero-order chi connectivity index (χ0) is 11.8. The van der Waals surface area contributed by atoms with Crippen molar-refractivity contribution in [3.63, 3.8) is 0 Å². The number of nitrogens with two attached hydrogens (primary N) is 1. The molecule has 88 valence electrons. The predicted molar refractivity (Wildman–Crippen MR) is 56.2 cm³/mol. The van der Waals surface area contributed by atoms with Gasteiger partial charge in [0.1, 0.15) is 0 Å². The van der Waals surface area contributed by atoms with Crippen LogP contribution in [-0.4, -0.2) is 56.6 Å². The molecule has 0 heterocycles. The average molecular weight is 217 g/mol. The maximum atomic E-state index is 11.3. The molecule has 6 heteroatoms. The van der Waals surface area contributed by atoms with Crippen molar-refractivity contribution in [1.29, 1.82) is 0 Å². The summed E-state index contributed by atoms with van der Waals surface area (Å²) in [6, 6.07) is -0.582. The number of likely N-dealkylation sites (N-methyl/N-ethyl adjacent to an activating group) is 1. The van der Waals surface area contributed by atoms with Gasteiger partial charge in [0.15, 0.2) is 0 Å². The first-order chi connectivity index (χ1) is 6.99. The summed E-state index contributed by atoms with van der Waals surface area (Å²) in [6.45, 7) is 2.50. The molecular weight excluding hydrogens is 198 g/mol. The Morgan fingerprint density at radius 2 is 2.13 bits per heavy atom. The maximum absolute atomic E-state index is 11.3. The van der Waals surface area contributed by atoms with Gasteiger partial charge >= 0.3 is 0 Å². The van der Waals surface area contributed by atoms with Crippen LogP contribution in [0, 0.1) is 0 Å². The van der Waals surface area contributed by atoms with Gasteiger partial charge in [-0.25, -0.2) is 0 Å². The Morgan fingerprint density at radius 1 is 1.53 bits per heavy atom. The third-order valence-electron chi connectivity index (χ3n) is 1.77. The molecule has 0 saturated heterocycles. The van der Waals surface area contributed by atoms with E-state index >= 15 is 0 Å². The van der Waals surface area contributed by atoms with E-state index in [0.29, 0.717) is 13.2 Å². The highest BCUT2D eigenvalue weighted by molar-refractivity contribution is 5.86. The number of nitrogens with one attached hydrogen (secondary N) is 1. The van der Waals surface area contributed by atoms with E-state index in [1.807, 2.05) is 0 Å². The number of carbonyl (C=O) groups is 2. The number of hydrogen-bond acceptors (Lipinski definition) is 4. The van der Waals surface area contributed by atoms with Crippen molar-refractivity contribution in [2.75, 3.05) is 33.9 Å². The van der Waals surface area contributed by atoms with Gasteiger partial charge in [-0.2, -0.15) is 0 Å². The minimum atomic E-state index is -0.582. The second-order valence-corrected chi connectivity index (χ2v) is 3.33. The first-order valence-electron chi connectivity index (χ1n) is 4.75. The lowest BCUT2D eigenvalue weighted by Crippen LogP contribution is -2.45. The SMILES string of the molecule is COCCNC(=O)CN(C)C(=O)C(C)N. The molecule has 0 aliphatic heterocycles. The van der Waals surface area contributed by atoms with Crippen LogP contribution in [0.3, 0.4) is 0 Å². The lowest BCUT2D eigenvalue weighted by Gasteiger charge is -2.18. The molecule has 0 aromatic rings. The highest BCUT2D eigenvalue weighted by atomic mass is 16.5. The molecule has 2 amide bonds. The van der Waals surface area contributed by atoms with E-state index in [2.05, 4.69) is 5.32 Å². The van der Waals surface area contributed by atoms with Crippen LogP contribution >= 0.6 is 0 Å². The van der Waals surface area contributed by atoms with Crippen molar-refractivity contribution in [2.24, 2.45) is 5.73 Å². The molecule has 1 unspecified atom stereocenters. The topological polar surface area (TPSA) is 84.7 Å². The number of nitrogens with zero attached hydrogens (tertiary/aromatic N) is 1. The van der Waals surface area contributed by atoms with Crippen LogP contribution in [-0.2, 0) is 14.3 Å².